The molecule has 1 unspecified atom stereocenters. The number of hydrogen-bond donors (Lipinski definition) is 1. The standard InChI is InChI=1S/C10H23NO2S/c1-10(4-9-14-3)11(2)5-7-13-8-6-12/h10,12H,4-9H2,1-3H3. The Labute approximate surface area is 91.8 Å². The van der Waals surface area contributed by atoms with Gasteiger partial charge in [-0.3, -0.25) is 0 Å². The molecule has 3 nitrogen and oxygen atoms in total. The van der Waals surface area contributed by atoms with Crippen molar-refractivity contribution in [3.63, 3.8) is 0 Å². The summed E-state index contributed by atoms with van der Waals surface area (Å²) < 4.78 is 5.21. The Morgan fingerprint density at radius 3 is 2.71 bits per heavy atom. The van der Waals surface area contributed by atoms with Gasteiger partial charge in [-0.2, -0.15) is 11.8 Å². The van der Waals surface area contributed by atoms with Crippen LogP contribution in [0.1, 0.15) is 13.3 Å². The molecule has 0 saturated carbocycles. The fourth-order valence-electron chi connectivity index (χ4n) is 1.10. The Bertz CT molecular complexity index is 125. The highest BCUT2D eigenvalue weighted by molar-refractivity contribution is 7.98. The van der Waals surface area contributed by atoms with Crippen LogP contribution >= 0.6 is 11.8 Å². The third-order valence-electron chi connectivity index (χ3n) is 2.32. The Morgan fingerprint density at radius 1 is 1.43 bits per heavy atom. The lowest BCUT2D eigenvalue weighted by Gasteiger charge is -2.24. The lowest BCUT2D eigenvalue weighted by atomic mass is 10.2. The number of aliphatic hydroxyl groups is 1. The van der Waals surface area contributed by atoms with E-state index in [1.54, 1.807) is 0 Å². The predicted octanol–water partition coefficient (Wildman–Crippen LogP) is 1.07. The van der Waals surface area contributed by atoms with Crippen LogP contribution in [0.3, 0.4) is 0 Å². The van der Waals surface area contributed by atoms with Crippen molar-refractivity contribution in [3.05, 3.63) is 0 Å². The molecule has 0 aromatic heterocycles. The van der Waals surface area contributed by atoms with Gasteiger partial charge in [-0.25, -0.2) is 0 Å². The highest BCUT2D eigenvalue weighted by Crippen LogP contribution is 2.05. The number of nitrogens with zero attached hydrogens (tertiary/aromatic N) is 1. The Hall–Kier alpha value is 0.230. The first-order valence-electron chi connectivity index (χ1n) is 5.10. The quantitative estimate of drug-likeness (QED) is 0.590. The molecule has 86 valence electrons. The van der Waals surface area contributed by atoms with Crippen LogP contribution in [0.5, 0.6) is 0 Å². The second-order valence-electron chi connectivity index (χ2n) is 3.45. The molecular formula is C10H23NO2S. The third kappa shape index (κ3) is 7.62. The Kier molecular flexibility index (Phi) is 9.93. The lowest BCUT2D eigenvalue weighted by molar-refractivity contribution is 0.0717. The minimum atomic E-state index is 0.117. The SMILES string of the molecule is CSCCC(C)N(C)CCOCCO. The van der Waals surface area contributed by atoms with E-state index in [-0.39, 0.29) is 6.61 Å². The second kappa shape index (κ2) is 9.77. The van der Waals surface area contributed by atoms with Crippen molar-refractivity contribution in [1.82, 2.24) is 4.90 Å². The smallest absolute Gasteiger partial charge is 0.0698 e. The van der Waals surface area contributed by atoms with Gasteiger partial charge >= 0.3 is 0 Å². The maximum atomic E-state index is 8.52. The molecule has 1 N–H and O–H groups in total. The van der Waals surface area contributed by atoms with Crippen LogP contribution in [0, 0.1) is 0 Å². The molecule has 14 heavy (non-hydrogen) atoms. The number of aliphatic hydroxyl groups excluding tert-OH is 1. The zero-order valence-corrected chi connectivity index (χ0v) is 10.3. The van der Waals surface area contributed by atoms with Crippen molar-refractivity contribution in [2.45, 2.75) is 19.4 Å². The Balaban J connectivity index is 3.36. The number of rotatable bonds is 9. The molecule has 0 radical (unpaired) electrons. The van der Waals surface area contributed by atoms with Crippen molar-refractivity contribution in [3.8, 4) is 0 Å². The summed E-state index contributed by atoms with van der Waals surface area (Å²) in [6.07, 6.45) is 3.36. The lowest BCUT2D eigenvalue weighted by Crippen LogP contribution is -2.32. The van der Waals surface area contributed by atoms with Crippen LogP contribution < -0.4 is 0 Å². The molecule has 0 aromatic rings. The van der Waals surface area contributed by atoms with Crippen molar-refractivity contribution in [2.24, 2.45) is 0 Å². The molecule has 0 bridgehead atoms. The number of likely N-dealkylation sites (N-methyl/N-ethyl adjacent to an activating group) is 1. The maximum absolute atomic E-state index is 8.52. The van der Waals surface area contributed by atoms with Crippen LogP contribution in [-0.4, -0.2) is 61.5 Å². The predicted molar refractivity (Wildman–Crippen MR) is 63.0 cm³/mol. The summed E-state index contributed by atoms with van der Waals surface area (Å²) in [5.74, 6) is 1.21. The summed E-state index contributed by atoms with van der Waals surface area (Å²) in [4.78, 5) is 2.30. The molecule has 1 atom stereocenters. The summed E-state index contributed by atoms with van der Waals surface area (Å²) in [5, 5.41) is 8.52. The van der Waals surface area contributed by atoms with Crippen molar-refractivity contribution >= 4 is 11.8 Å². The molecule has 0 amide bonds. The monoisotopic (exact) mass is 221 g/mol. The van der Waals surface area contributed by atoms with E-state index in [9.17, 15) is 0 Å². The topological polar surface area (TPSA) is 32.7 Å². The number of thioether (sulfide) groups is 1. The highest BCUT2D eigenvalue weighted by Gasteiger charge is 2.07. The molecule has 0 fully saturated rings. The van der Waals surface area contributed by atoms with Gasteiger partial charge in [-0.1, -0.05) is 0 Å². The largest absolute Gasteiger partial charge is 0.394 e. The van der Waals surface area contributed by atoms with Gasteiger partial charge in [0.2, 0.25) is 0 Å². The van der Waals surface area contributed by atoms with E-state index in [1.807, 2.05) is 11.8 Å². The van der Waals surface area contributed by atoms with E-state index in [0.717, 1.165) is 6.54 Å². The summed E-state index contributed by atoms with van der Waals surface area (Å²) >= 11 is 1.89. The molecule has 4 heteroatoms. The fourth-order valence-corrected chi connectivity index (χ4v) is 1.68. The van der Waals surface area contributed by atoms with Crippen molar-refractivity contribution < 1.29 is 9.84 Å². The number of ether oxygens (including phenoxy) is 1. The molecule has 0 aliphatic carbocycles. The Morgan fingerprint density at radius 2 is 2.14 bits per heavy atom. The van der Waals surface area contributed by atoms with Gasteiger partial charge in [0.25, 0.3) is 0 Å². The van der Waals surface area contributed by atoms with E-state index >= 15 is 0 Å². The van der Waals surface area contributed by atoms with Gasteiger partial charge in [0.1, 0.15) is 0 Å². The van der Waals surface area contributed by atoms with Gasteiger partial charge in [-0.05, 0) is 32.4 Å². The number of hydrogen-bond acceptors (Lipinski definition) is 4. The summed E-state index contributed by atoms with van der Waals surface area (Å²) in [7, 11) is 2.12. The minimum absolute atomic E-state index is 0.117. The maximum Gasteiger partial charge on any atom is 0.0698 e. The molecule has 0 spiro atoms. The molecule has 0 rings (SSSR count). The average molecular weight is 221 g/mol. The van der Waals surface area contributed by atoms with Crippen LogP contribution in [0.15, 0.2) is 0 Å². The van der Waals surface area contributed by atoms with E-state index in [1.165, 1.54) is 12.2 Å². The zero-order valence-electron chi connectivity index (χ0n) is 9.53. The van der Waals surface area contributed by atoms with Crippen LogP contribution in [0.2, 0.25) is 0 Å². The van der Waals surface area contributed by atoms with Crippen LogP contribution in [-0.2, 0) is 4.74 Å². The summed E-state index contributed by atoms with van der Waals surface area (Å²) in [6, 6.07) is 0.611. The van der Waals surface area contributed by atoms with E-state index in [2.05, 4.69) is 25.1 Å². The van der Waals surface area contributed by atoms with Crippen molar-refractivity contribution in [1.29, 1.82) is 0 Å². The third-order valence-corrected chi connectivity index (χ3v) is 2.96. The average Bonchev–Trinajstić information content (AvgIpc) is 2.20. The van der Waals surface area contributed by atoms with Crippen LogP contribution in [0.4, 0.5) is 0 Å². The highest BCUT2D eigenvalue weighted by atomic mass is 32.2. The molecule has 0 aromatic carbocycles. The molecule has 0 aliphatic heterocycles. The van der Waals surface area contributed by atoms with Gasteiger partial charge in [0.15, 0.2) is 0 Å². The van der Waals surface area contributed by atoms with Gasteiger partial charge in [0, 0.05) is 12.6 Å². The van der Waals surface area contributed by atoms with Crippen LogP contribution in [0.25, 0.3) is 0 Å². The first kappa shape index (κ1) is 14.2. The van der Waals surface area contributed by atoms with Crippen molar-refractivity contribution in [2.75, 3.05) is 45.4 Å². The van der Waals surface area contributed by atoms with E-state index in [0.29, 0.717) is 19.3 Å². The second-order valence-corrected chi connectivity index (χ2v) is 4.43. The van der Waals surface area contributed by atoms with Gasteiger partial charge in [-0.15, -0.1) is 0 Å². The van der Waals surface area contributed by atoms with Gasteiger partial charge < -0.3 is 14.7 Å². The molecule has 0 aliphatic rings. The minimum Gasteiger partial charge on any atom is -0.394 e. The van der Waals surface area contributed by atoms with E-state index in [4.69, 9.17) is 9.84 Å². The zero-order chi connectivity index (χ0) is 10.8. The molecular weight excluding hydrogens is 198 g/mol. The first-order valence-corrected chi connectivity index (χ1v) is 6.49. The van der Waals surface area contributed by atoms with Gasteiger partial charge in [0.05, 0.1) is 19.8 Å². The first-order chi connectivity index (χ1) is 6.72. The molecule has 0 saturated heterocycles. The van der Waals surface area contributed by atoms with E-state index < -0.39 is 0 Å². The molecule has 0 heterocycles. The normalized spacial score (nSPS) is 13.5. The fraction of sp³-hybridized carbons (Fsp3) is 1.00. The summed E-state index contributed by atoms with van der Waals surface area (Å²) in [6.45, 7) is 4.46. The summed E-state index contributed by atoms with van der Waals surface area (Å²) in [5.41, 5.74) is 0.